The smallest absolute Gasteiger partial charge is 0.264 e. The molecule has 0 heterocycles. The van der Waals surface area contributed by atoms with Crippen LogP contribution in [0.5, 0.6) is 0 Å². The van der Waals surface area contributed by atoms with Gasteiger partial charge in [0.05, 0.1) is 10.6 Å². The first-order chi connectivity index (χ1) is 22.2. The number of benzene rings is 4. The Bertz CT molecular complexity index is 1720. The molecule has 0 aromatic heterocycles. The zero-order chi connectivity index (χ0) is 32.5. The predicted molar refractivity (Wildman–Crippen MR) is 178 cm³/mol. The molecule has 1 aliphatic carbocycles. The highest BCUT2D eigenvalue weighted by atomic mass is 35.5. The van der Waals surface area contributed by atoms with E-state index in [1.54, 1.807) is 42.5 Å². The van der Waals surface area contributed by atoms with Gasteiger partial charge in [0.2, 0.25) is 11.8 Å². The summed E-state index contributed by atoms with van der Waals surface area (Å²) in [6, 6.07) is 28.1. The molecule has 4 aromatic carbocycles. The molecule has 1 atom stereocenters. The molecule has 1 saturated carbocycles. The fourth-order valence-electron chi connectivity index (χ4n) is 5.76. The second kappa shape index (κ2) is 15.4. The topological polar surface area (TPSA) is 86.8 Å². The molecule has 2 amide bonds. The Balaban J connectivity index is 1.56. The van der Waals surface area contributed by atoms with E-state index in [1.807, 2.05) is 30.3 Å². The van der Waals surface area contributed by atoms with Gasteiger partial charge in [0, 0.05) is 24.0 Å². The van der Waals surface area contributed by atoms with Crippen LogP contribution in [0.15, 0.2) is 114 Å². The number of hydrogen-bond donors (Lipinski definition) is 1. The Morgan fingerprint density at radius 3 is 2.09 bits per heavy atom. The maximum atomic E-state index is 14.5. The van der Waals surface area contributed by atoms with Gasteiger partial charge in [-0.1, -0.05) is 97.6 Å². The van der Waals surface area contributed by atoms with Crippen molar-refractivity contribution in [2.24, 2.45) is 0 Å². The maximum Gasteiger partial charge on any atom is 0.264 e. The van der Waals surface area contributed by atoms with E-state index in [2.05, 4.69) is 5.32 Å². The van der Waals surface area contributed by atoms with Crippen molar-refractivity contribution >= 4 is 39.1 Å². The van der Waals surface area contributed by atoms with Crippen molar-refractivity contribution < 1.29 is 22.4 Å². The summed E-state index contributed by atoms with van der Waals surface area (Å²) in [4.78, 5) is 30.1. The van der Waals surface area contributed by atoms with Gasteiger partial charge >= 0.3 is 0 Å². The van der Waals surface area contributed by atoms with Gasteiger partial charge in [-0.05, 0) is 66.4 Å². The van der Waals surface area contributed by atoms with Gasteiger partial charge in [0.15, 0.2) is 0 Å². The van der Waals surface area contributed by atoms with Gasteiger partial charge in [0.1, 0.15) is 18.4 Å². The summed E-state index contributed by atoms with van der Waals surface area (Å²) in [6.45, 7) is -0.661. The molecule has 0 unspecified atom stereocenters. The summed E-state index contributed by atoms with van der Waals surface area (Å²) >= 11 is 6.56. The van der Waals surface area contributed by atoms with Crippen LogP contribution in [-0.4, -0.2) is 43.8 Å². The molecule has 1 fully saturated rings. The van der Waals surface area contributed by atoms with Gasteiger partial charge in [-0.15, -0.1) is 0 Å². The molecule has 0 spiro atoms. The lowest BCUT2D eigenvalue weighted by atomic mass is 9.94. The standard InChI is InChI=1S/C36H37ClFN3O4S/c37-33-19-11-10-14-28(33)25-40(34(24-27-12-4-1-5-13-27)36(43)39-30-15-6-2-7-16-30)35(42)26-41(31-22-20-29(38)21-23-31)46(44,45)32-17-8-3-9-18-32/h1,3-5,8-14,17-23,30,34H,2,6-7,15-16,24-26H2,(H,39,43)/t34-/m0/s1. The van der Waals surface area contributed by atoms with Crippen LogP contribution in [0.1, 0.15) is 43.2 Å². The quantitative estimate of drug-likeness (QED) is 0.182. The Kier molecular flexibility index (Phi) is 11.1. The second-order valence-corrected chi connectivity index (χ2v) is 13.7. The second-order valence-electron chi connectivity index (χ2n) is 11.5. The monoisotopic (exact) mass is 661 g/mol. The summed E-state index contributed by atoms with van der Waals surface area (Å²) in [5.74, 6) is -1.46. The number of rotatable bonds is 12. The molecule has 10 heteroatoms. The molecule has 0 bridgehead atoms. The Hall–Kier alpha value is -4.21. The highest BCUT2D eigenvalue weighted by Gasteiger charge is 2.35. The molecular formula is C36H37ClFN3O4S. The zero-order valence-corrected chi connectivity index (χ0v) is 27.0. The predicted octanol–water partition coefficient (Wildman–Crippen LogP) is 6.76. The first-order valence-electron chi connectivity index (χ1n) is 15.4. The summed E-state index contributed by atoms with van der Waals surface area (Å²) in [5, 5.41) is 3.60. The average Bonchev–Trinajstić information content (AvgIpc) is 3.07. The van der Waals surface area contributed by atoms with Gasteiger partial charge in [0.25, 0.3) is 10.0 Å². The van der Waals surface area contributed by atoms with Crippen LogP contribution >= 0.6 is 11.6 Å². The van der Waals surface area contributed by atoms with E-state index in [9.17, 15) is 22.4 Å². The van der Waals surface area contributed by atoms with Gasteiger partial charge in [-0.3, -0.25) is 13.9 Å². The number of amides is 2. The minimum absolute atomic E-state index is 0.00837. The van der Waals surface area contributed by atoms with E-state index in [0.717, 1.165) is 54.1 Å². The third-order valence-corrected chi connectivity index (χ3v) is 10.4. The minimum Gasteiger partial charge on any atom is -0.352 e. The zero-order valence-electron chi connectivity index (χ0n) is 25.4. The lowest BCUT2D eigenvalue weighted by Gasteiger charge is -2.35. The molecule has 0 saturated heterocycles. The van der Waals surface area contributed by atoms with Crippen LogP contribution in [0.25, 0.3) is 0 Å². The Morgan fingerprint density at radius 1 is 0.826 bits per heavy atom. The fourth-order valence-corrected chi connectivity index (χ4v) is 7.39. The van der Waals surface area contributed by atoms with Crippen LogP contribution in [-0.2, 0) is 32.6 Å². The van der Waals surface area contributed by atoms with Crippen LogP contribution in [0.2, 0.25) is 5.02 Å². The summed E-state index contributed by atoms with van der Waals surface area (Å²) in [6.07, 6.45) is 5.07. The van der Waals surface area contributed by atoms with Crippen LogP contribution < -0.4 is 9.62 Å². The SMILES string of the molecule is O=C(NC1CCCCC1)[C@H](Cc1ccccc1)N(Cc1ccccc1Cl)C(=O)CN(c1ccc(F)cc1)S(=O)(=O)c1ccccc1. The van der Waals surface area contributed by atoms with E-state index in [4.69, 9.17) is 11.6 Å². The molecule has 0 aliphatic heterocycles. The number of nitrogens with one attached hydrogen (secondary N) is 1. The van der Waals surface area contributed by atoms with Crippen molar-refractivity contribution in [3.63, 3.8) is 0 Å². The van der Waals surface area contributed by atoms with E-state index >= 15 is 0 Å². The number of halogens is 2. The van der Waals surface area contributed by atoms with E-state index in [-0.39, 0.29) is 35.5 Å². The molecule has 5 rings (SSSR count). The highest BCUT2D eigenvalue weighted by Crippen LogP contribution is 2.27. The molecule has 4 aromatic rings. The number of carbonyl (C=O) groups is 2. The van der Waals surface area contributed by atoms with Crippen molar-refractivity contribution in [1.82, 2.24) is 10.2 Å². The molecular weight excluding hydrogens is 625 g/mol. The van der Waals surface area contributed by atoms with Gasteiger partial charge < -0.3 is 10.2 Å². The molecule has 7 nitrogen and oxygen atoms in total. The number of sulfonamides is 1. The average molecular weight is 662 g/mol. The minimum atomic E-state index is -4.27. The molecule has 46 heavy (non-hydrogen) atoms. The maximum absolute atomic E-state index is 14.5. The normalized spacial score (nSPS) is 14.3. The van der Waals surface area contributed by atoms with Crippen molar-refractivity contribution in [3.05, 3.63) is 131 Å². The van der Waals surface area contributed by atoms with Gasteiger partial charge in [-0.2, -0.15) is 0 Å². The molecule has 0 radical (unpaired) electrons. The van der Waals surface area contributed by atoms with Crippen molar-refractivity contribution in [2.45, 2.75) is 62.0 Å². The van der Waals surface area contributed by atoms with Gasteiger partial charge in [-0.25, -0.2) is 12.8 Å². The largest absolute Gasteiger partial charge is 0.352 e. The van der Waals surface area contributed by atoms with E-state index in [1.165, 1.54) is 29.2 Å². The van der Waals surface area contributed by atoms with Crippen LogP contribution in [0, 0.1) is 5.82 Å². The van der Waals surface area contributed by atoms with Crippen molar-refractivity contribution in [1.29, 1.82) is 0 Å². The number of anilines is 1. The number of nitrogens with zero attached hydrogens (tertiary/aromatic N) is 2. The Labute approximate surface area is 275 Å². The Morgan fingerprint density at radius 2 is 1.43 bits per heavy atom. The van der Waals surface area contributed by atoms with Crippen LogP contribution in [0.4, 0.5) is 10.1 Å². The summed E-state index contributed by atoms with van der Waals surface area (Å²) in [5.41, 5.74) is 1.57. The summed E-state index contributed by atoms with van der Waals surface area (Å²) in [7, 11) is -4.27. The first-order valence-corrected chi connectivity index (χ1v) is 17.2. The number of carbonyl (C=O) groups excluding carboxylic acids is 2. The molecule has 1 aliphatic rings. The molecule has 1 N–H and O–H groups in total. The highest BCUT2D eigenvalue weighted by molar-refractivity contribution is 7.92. The lowest BCUT2D eigenvalue weighted by Crippen LogP contribution is -2.55. The van der Waals surface area contributed by atoms with E-state index < -0.39 is 34.3 Å². The van der Waals surface area contributed by atoms with Crippen LogP contribution in [0.3, 0.4) is 0 Å². The van der Waals surface area contributed by atoms with E-state index in [0.29, 0.717) is 10.6 Å². The molecule has 240 valence electrons. The third-order valence-electron chi connectivity index (χ3n) is 8.25. The number of hydrogen-bond acceptors (Lipinski definition) is 4. The third kappa shape index (κ3) is 8.33. The lowest BCUT2D eigenvalue weighted by molar-refractivity contribution is -0.140. The van der Waals surface area contributed by atoms with Crippen molar-refractivity contribution in [3.8, 4) is 0 Å². The van der Waals surface area contributed by atoms with Crippen molar-refractivity contribution in [2.75, 3.05) is 10.8 Å². The first kappa shape index (κ1) is 33.2. The fraction of sp³-hybridized carbons (Fsp3) is 0.278. The summed E-state index contributed by atoms with van der Waals surface area (Å²) < 4.78 is 42.9.